The number of piperazine rings is 1. The lowest BCUT2D eigenvalue weighted by atomic mass is 10.1. The maximum absolute atomic E-state index is 12.5. The van der Waals surface area contributed by atoms with Gasteiger partial charge >= 0.3 is 0 Å². The smallest absolute Gasteiger partial charge is 0.238 e. The first-order chi connectivity index (χ1) is 13.6. The SMILES string of the molecule is Cc1cccc(N2CCN(CC(=O)Nc3ccc4c(c3)OCCO4)CC2)c1C. The Hall–Kier alpha value is -2.73. The van der Waals surface area contributed by atoms with Crippen LogP contribution in [0.4, 0.5) is 11.4 Å². The third kappa shape index (κ3) is 4.07. The van der Waals surface area contributed by atoms with Gasteiger partial charge in [0.1, 0.15) is 13.2 Å². The van der Waals surface area contributed by atoms with Crippen molar-refractivity contribution >= 4 is 17.3 Å². The summed E-state index contributed by atoms with van der Waals surface area (Å²) >= 11 is 0. The second-order valence-electron chi connectivity index (χ2n) is 7.39. The number of carbonyl (C=O) groups is 1. The Balaban J connectivity index is 1.30. The molecule has 1 N–H and O–H groups in total. The molecule has 2 heterocycles. The number of nitrogens with one attached hydrogen (secondary N) is 1. The zero-order valence-corrected chi connectivity index (χ0v) is 16.5. The van der Waals surface area contributed by atoms with Crippen molar-refractivity contribution in [3.05, 3.63) is 47.5 Å². The number of rotatable bonds is 4. The minimum absolute atomic E-state index is 0.00290. The van der Waals surface area contributed by atoms with Crippen LogP contribution >= 0.6 is 0 Å². The number of fused-ring (bicyclic) bond motifs is 1. The minimum Gasteiger partial charge on any atom is -0.486 e. The molecule has 6 nitrogen and oxygen atoms in total. The van der Waals surface area contributed by atoms with Crippen molar-refractivity contribution in [2.24, 2.45) is 0 Å². The van der Waals surface area contributed by atoms with Crippen molar-refractivity contribution in [3.63, 3.8) is 0 Å². The molecule has 28 heavy (non-hydrogen) atoms. The van der Waals surface area contributed by atoms with Crippen molar-refractivity contribution < 1.29 is 14.3 Å². The van der Waals surface area contributed by atoms with E-state index in [1.807, 2.05) is 18.2 Å². The van der Waals surface area contributed by atoms with Gasteiger partial charge in [0.25, 0.3) is 0 Å². The number of aryl methyl sites for hydroxylation is 1. The highest BCUT2D eigenvalue weighted by atomic mass is 16.6. The molecular formula is C22H27N3O3. The van der Waals surface area contributed by atoms with E-state index in [-0.39, 0.29) is 5.91 Å². The zero-order chi connectivity index (χ0) is 19.5. The highest BCUT2D eigenvalue weighted by Crippen LogP contribution is 2.32. The Bertz CT molecular complexity index is 860. The van der Waals surface area contributed by atoms with Gasteiger partial charge in [0.05, 0.1) is 6.54 Å². The Morgan fingerprint density at radius 3 is 2.54 bits per heavy atom. The standard InChI is InChI=1S/C22H27N3O3/c1-16-4-3-5-19(17(16)2)25-10-8-24(9-11-25)15-22(26)23-18-6-7-20-21(14-18)28-13-12-27-20/h3-7,14H,8-13,15H2,1-2H3,(H,23,26). The maximum Gasteiger partial charge on any atom is 0.238 e. The van der Waals surface area contributed by atoms with Crippen molar-refractivity contribution in [2.75, 3.05) is 56.2 Å². The van der Waals surface area contributed by atoms with Crippen molar-refractivity contribution in [1.82, 2.24) is 4.90 Å². The fourth-order valence-corrected chi connectivity index (χ4v) is 3.75. The van der Waals surface area contributed by atoms with Crippen LogP contribution in [0.1, 0.15) is 11.1 Å². The van der Waals surface area contributed by atoms with Gasteiger partial charge in [-0.3, -0.25) is 9.69 Å². The summed E-state index contributed by atoms with van der Waals surface area (Å²) in [7, 11) is 0. The molecule has 0 unspecified atom stereocenters. The molecule has 0 bridgehead atoms. The van der Waals surface area contributed by atoms with Crippen LogP contribution in [0.2, 0.25) is 0 Å². The number of anilines is 2. The van der Waals surface area contributed by atoms with E-state index in [1.54, 1.807) is 0 Å². The first-order valence-corrected chi connectivity index (χ1v) is 9.83. The van der Waals surface area contributed by atoms with Gasteiger partial charge in [-0.2, -0.15) is 0 Å². The number of benzene rings is 2. The molecule has 4 rings (SSSR count). The zero-order valence-electron chi connectivity index (χ0n) is 16.5. The summed E-state index contributed by atoms with van der Waals surface area (Å²) < 4.78 is 11.1. The molecule has 0 spiro atoms. The Labute approximate surface area is 166 Å². The molecule has 0 atom stereocenters. The molecule has 0 aromatic heterocycles. The van der Waals surface area contributed by atoms with E-state index in [2.05, 4.69) is 47.2 Å². The predicted molar refractivity (Wildman–Crippen MR) is 111 cm³/mol. The summed E-state index contributed by atoms with van der Waals surface area (Å²) in [4.78, 5) is 17.1. The molecule has 2 aromatic rings. The largest absolute Gasteiger partial charge is 0.486 e. The molecule has 0 saturated carbocycles. The summed E-state index contributed by atoms with van der Waals surface area (Å²) in [5.74, 6) is 1.41. The fourth-order valence-electron chi connectivity index (χ4n) is 3.75. The van der Waals surface area contributed by atoms with E-state index in [1.165, 1.54) is 16.8 Å². The van der Waals surface area contributed by atoms with Crippen LogP contribution in [-0.4, -0.2) is 56.7 Å². The molecule has 148 valence electrons. The van der Waals surface area contributed by atoms with Crippen LogP contribution < -0.4 is 19.7 Å². The Morgan fingerprint density at radius 1 is 1.00 bits per heavy atom. The van der Waals surface area contributed by atoms with E-state index in [4.69, 9.17) is 9.47 Å². The second kappa shape index (κ2) is 8.10. The lowest BCUT2D eigenvalue weighted by molar-refractivity contribution is -0.117. The van der Waals surface area contributed by atoms with Crippen LogP contribution in [0.25, 0.3) is 0 Å². The molecule has 6 heteroatoms. The lowest BCUT2D eigenvalue weighted by Crippen LogP contribution is -2.48. The van der Waals surface area contributed by atoms with Gasteiger partial charge in [-0.1, -0.05) is 12.1 Å². The molecule has 2 aliphatic heterocycles. The van der Waals surface area contributed by atoms with E-state index >= 15 is 0 Å². The molecule has 1 saturated heterocycles. The van der Waals surface area contributed by atoms with E-state index in [0.29, 0.717) is 25.5 Å². The Kier molecular flexibility index (Phi) is 5.39. The van der Waals surface area contributed by atoms with Crippen LogP contribution in [0.15, 0.2) is 36.4 Å². The lowest BCUT2D eigenvalue weighted by Gasteiger charge is -2.36. The van der Waals surface area contributed by atoms with Crippen molar-refractivity contribution in [2.45, 2.75) is 13.8 Å². The normalized spacial score (nSPS) is 16.7. The minimum atomic E-state index is -0.00290. The number of amides is 1. The summed E-state index contributed by atoms with van der Waals surface area (Å²) in [6, 6.07) is 12.0. The average Bonchev–Trinajstić information content (AvgIpc) is 2.71. The first-order valence-electron chi connectivity index (χ1n) is 9.83. The van der Waals surface area contributed by atoms with Gasteiger partial charge in [0, 0.05) is 43.6 Å². The first kappa shape index (κ1) is 18.6. The quantitative estimate of drug-likeness (QED) is 0.883. The summed E-state index contributed by atoms with van der Waals surface area (Å²) in [6.45, 7) is 9.44. The monoisotopic (exact) mass is 381 g/mol. The second-order valence-corrected chi connectivity index (χ2v) is 7.39. The van der Waals surface area contributed by atoms with Crippen LogP contribution in [0.5, 0.6) is 11.5 Å². The van der Waals surface area contributed by atoms with Gasteiger partial charge in [0.2, 0.25) is 5.91 Å². The number of hydrogen-bond acceptors (Lipinski definition) is 5. The van der Waals surface area contributed by atoms with Crippen LogP contribution in [-0.2, 0) is 4.79 Å². The predicted octanol–water partition coefficient (Wildman–Crippen LogP) is 2.84. The molecule has 2 aliphatic rings. The van der Waals surface area contributed by atoms with Gasteiger partial charge in [-0.05, 0) is 43.2 Å². The van der Waals surface area contributed by atoms with E-state index in [9.17, 15) is 4.79 Å². The topological polar surface area (TPSA) is 54.0 Å². The molecule has 2 aromatic carbocycles. The van der Waals surface area contributed by atoms with Gasteiger partial charge in [-0.25, -0.2) is 0 Å². The third-order valence-corrected chi connectivity index (χ3v) is 5.48. The third-order valence-electron chi connectivity index (χ3n) is 5.48. The molecule has 1 amide bonds. The molecular weight excluding hydrogens is 354 g/mol. The van der Waals surface area contributed by atoms with E-state index < -0.39 is 0 Å². The van der Waals surface area contributed by atoms with Gasteiger partial charge in [0.15, 0.2) is 11.5 Å². The van der Waals surface area contributed by atoms with Crippen molar-refractivity contribution in [1.29, 1.82) is 0 Å². The fraction of sp³-hybridized carbons (Fsp3) is 0.409. The summed E-state index contributed by atoms with van der Waals surface area (Å²) in [5, 5.41) is 2.97. The average molecular weight is 381 g/mol. The van der Waals surface area contributed by atoms with Gasteiger partial charge < -0.3 is 19.7 Å². The van der Waals surface area contributed by atoms with Crippen LogP contribution in [0.3, 0.4) is 0 Å². The highest BCUT2D eigenvalue weighted by Gasteiger charge is 2.21. The highest BCUT2D eigenvalue weighted by molar-refractivity contribution is 5.92. The summed E-state index contributed by atoms with van der Waals surface area (Å²) in [6.07, 6.45) is 0. The molecule has 0 aliphatic carbocycles. The van der Waals surface area contributed by atoms with Crippen LogP contribution in [0, 0.1) is 13.8 Å². The molecule has 0 radical (unpaired) electrons. The number of nitrogens with zero attached hydrogens (tertiary/aromatic N) is 2. The summed E-state index contributed by atoms with van der Waals surface area (Å²) in [5.41, 5.74) is 4.70. The molecule has 1 fully saturated rings. The number of carbonyl (C=O) groups excluding carboxylic acids is 1. The van der Waals surface area contributed by atoms with Gasteiger partial charge in [-0.15, -0.1) is 0 Å². The Morgan fingerprint density at radius 2 is 1.75 bits per heavy atom. The number of hydrogen-bond donors (Lipinski definition) is 1. The maximum atomic E-state index is 12.5. The van der Waals surface area contributed by atoms with E-state index in [0.717, 1.165) is 37.6 Å². The van der Waals surface area contributed by atoms with Crippen molar-refractivity contribution in [3.8, 4) is 11.5 Å². The number of ether oxygens (including phenoxy) is 2.